The van der Waals surface area contributed by atoms with Gasteiger partial charge in [-0.15, -0.1) is 0 Å². The van der Waals surface area contributed by atoms with Crippen LogP contribution in [0.2, 0.25) is 0 Å². The van der Waals surface area contributed by atoms with Gasteiger partial charge in [0.05, 0.1) is 14.6 Å². The molecule has 3 heteroatoms. The van der Waals surface area contributed by atoms with Crippen LogP contribution in [0.1, 0.15) is 37.8 Å². The number of fused-ring (bicyclic) bond motifs is 5. The lowest BCUT2D eigenvalue weighted by Gasteiger charge is -2.48. The summed E-state index contributed by atoms with van der Waals surface area (Å²) >= 11 is 0. The fraction of sp³-hybridized carbons (Fsp3) is 0.625. The first-order valence-electron chi connectivity index (χ1n) is 7.91. The fourth-order valence-corrected chi connectivity index (χ4v) is 4.00. The van der Waals surface area contributed by atoms with Crippen molar-refractivity contribution in [2.24, 2.45) is 0 Å². The normalized spacial score (nSPS) is 35.2. The Kier molecular flexibility index (Phi) is 2.53. The topological polar surface area (TPSA) is 15.7 Å². The van der Waals surface area contributed by atoms with Crippen LogP contribution < -0.4 is 4.74 Å². The van der Waals surface area contributed by atoms with Crippen molar-refractivity contribution in [2.45, 2.75) is 37.9 Å². The average molecular weight is 259 g/mol. The maximum absolute atomic E-state index is 8.91. The molecule has 0 bridgehead atoms. The molecular weight excluding hydrogens is 236 g/mol. The van der Waals surface area contributed by atoms with Crippen molar-refractivity contribution < 1.29 is 6.11 Å². The molecule has 0 radical (unpaired) electrons. The molecule has 2 fully saturated rings. The lowest BCUT2D eigenvalue weighted by Crippen LogP contribution is -2.53. The van der Waals surface area contributed by atoms with Gasteiger partial charge >= 0.3 is 0 Å². The van der Waals surface area contributed by atoms with Gasteiger partial charge < -0.3 is 4.74 Å². The Hall–Kier alpha value is -1.06. The van der Waals surface area contributed by atoms with Gasteiger partial charge in [-0.05, 0) is 55.5 Å². The second-order valence-corrected chi connectivity index (χ2v) is 5.82. The maximum atomic E-state index is 8.91. The van der Waals surface area contributed by atoms with Gasteiger partial charge in [0.15, 0.2) is 0 Å². The van der Waals surface area contributed by atoms with E-state index in [-0.39, 0.29) is 0 Å². The molecule has 2 unspecified atom stereocenters. The summed E-state index contributed by atoms with van der Waals surface area (Å²) in [6.07, 6.45) is 3.91. The quantitative estimate of drug-likeness (QED) is 0.770. The second-order valence-electron chi connectivity index (χ2n) is 5.82. The van der Waals surface area contributed by atoms with Gasteiger partial charge in [0, 0.05) is 19.1 Å². The third-order valence-electron chi connectivity index (χ3n) is 4.90. The highest BCUT2D eigenvalue weighted by Crippen LogP contribution is 2.41. The summed E-state index contributed by atoms with van der Waals surface area (Å²) < 4.78 is 14.3. The standard InChI is InChI=1S/C16H22N2O/c1-19-13-4-5-14-12(11-13)6-10-18-15(14)7-9-17-8-2-3-16(17)18/h4-5,11,15-16H,2-3,6-10H2,1H3/i16D. The Labute approximate surface area is 116 Å². The number of rotatable bonds is 1. The maximum Gasteiger partial charge on any atom is 0.119 e. The first-order valence-corrected chi connectivity index (χ1v) is 7.41. The Morgan fingerprint density at radius 1 is 1.26 bits per heavy atom. The summed E-state index contributed by atoms with van der Waals surface area (Å²) in [7, 11) is 1.73. The van der Waals surface area contributed by atoms with Crippen molar-refractivity contribution in [3.63, 3.8) is 0 Å². The van der Waals surface area contributed by atoms with Crippen molar-refractivity contribution in [3.05, 3.63) is 29.3 Å². The second kappa shape index (κ2) is 4.50. The van der Waals surface area contributed by atoms with E-state index >= 15 is 0 Å². The molecule has 2 saturated heterocycles. The molecule has 0 aliphatic carbocycles. The summed E-state index contributed by atoms with van der Waals surface area (Å²) in [5.41, 5.74) is 2.84. The van der Waals surface area contributed by atoms with Gasteiger partial charge in [0.2, 0.25) is 0 Å². The molecule has 0 spiro atoms. The minimum Gasteiger partial charge on any atom is -0.497 e. The number of nitrogens with zero attached hydrogens (tertiary/aromatic N) is 2. The van der Waals surface area contributed by atoms with E-state index in [1.54, 1.807) is 7.11 Å². The molecule has 0 aromatic heterocycles. The van der Waals surface area contributed by atoms with E-state index in [1.165, 1.54) is 17.5 Å². The number of benzene rings is 1. The molecule has 1 aromatic carbocycles. The van der Waals surface area contributed by atoms with E-state index in [9.17, 15) is 0 Å². The van der Waals surface area contributed by atoms with Crippen LogP contribution in [0.5, 0.6) is 5.75 Å². The molecule has 3 aliphatic heterocycles. The van der Waals surface area contributed by atoms with E-state index in [2.05, 4.69) is 28.0 Å². The third-order valence-corrected chi connectivity index (χ3v) is 4.90. The zero-order chi connectivity index (χ0) is 13.7. The van der Waals surface area contributed by atoms with Gasteiger partial charge in [-0.1, -0.05) is 6.07 Å². The first-order chi connectivity index (χ1) is 9.72. The van der Waals surface area contributed by atoms with Crippen LogP contribution in [-0.4, -0.2) is 42.7 Å². The van der Waals surface area contributed by atoms with Crippen molar-refractivity contribution in [2.75, 3.05) is 26.7 Å². The van der Waals surface area contributed by atoms with E-state index in [0.29, 0.717) is 6.04 Å². The van der Waals surface area contributed by atoms with Gasteiger partial charge in [-0.25, -0.2) is 0 Å². The molecule has 3 aliphatic rings. The zero-order valence-corrected chi connectivity index (χ0v) is 11.6. The first kappa shape index (κ1) is 10.7. The van der Waals surface area contributed by atoms with Crippen LogP contribution in [0.3, 0.4) is 0 Å². The molecule has 19 heavy (non-hydrogen) atoms. The minimum atomic E-state index is -0.444. The lowest BCUT2D eigenvalue weighted by molar-refractivity contribution is -0.0150. The van der Waals surface area contributed by atoms with Gasteiger partial charge in [0.1, 0.15) is 5.75 Å². The van der Waals surface area contributed by atoms with Crippen LogP contribution >= 0.6 is 0 Å². The smallest absolute Gasteiger partial charge is 0.119 e. The Morgan fingerprint density at radius 3 is 3.11 bits per heavy atom. The van der Waals surface area contributed by atoms with Crippen LogP contribution in [-0.2, 0) is 6.42 Å². The largest absolute Gasteiger partial charge is 0.497 e. The number of methoxy groups -OCH3 is 1. The minimum absolute atomic E-state index is 0.427. The SMILES string of the molecule is [2H]C12CCCN1CCC1c3ccc(OC)cc3CCN12. The number of ether oxygens (including phenoxy) is 1. The molecule has 3 nitrogen and oxygen atoms in total. The van der Waals surface area contributed by atoms with Crippen molar-refractivity contribution >= 4 is 0 Å². The summed E-state index contributed by atoms with van der Waals surface area (Å²) in [6, 6.07) is 6.90. The van der Waals surface area contributed by atoms with Crippen LogP contribution in [0.25, 0.3) is 0 Å². The highest BCUT2D eigenvalue weighted by atomic mass is 16.5. The highest BCUT2D eigenvalue weighted by molar-refractivity contribution is 5.39. The molecular formula is C16H22N2O. The van der Waals surface area contributed by atoms with Gasteiger partial charge in [0.25, 0.3) is 0 Å². The molecule has 4 rings (SSSR count). The molecule has 0 saturated carbocycles. The predicted octanol–water partition coefficient (Wildman–Crippen LogP) is 2.42. The zero-order valence-electron chi connectivity index (χ0n) is 12.6. The van der Waals surface area contributed by atoms with Gasteiger partial charge in [-0.3, -0.25) is 9.80 Å². The molecule has 0 N–H and O–H groups in total. The van der Waals surface area contributed by atoms with Crippen LogP contribution in [0.4, 0.5) is 0 Å². The monoisotopic (exact) mass is 259 g/mol. The molecule has 3 heterocycles. The van der Waals surface area contributed by atoms with E-state index < -0.39 is 6.14 Å². The Bertz CT molecular complexity index is 535. The van der Waals surface area contributed by atoms with Gasteiger partial charge in [-0.2, -0.15) is 0 Å². The summed E-state index contributed by atoms with van der Waals surface area (Å²) in [6.45, 7) is 3.17. The summed E-state index contributed by atoms with van der Waals surface area (Å²) in [4.78, 5) is 4.82. The molecule has 1 aromatic rings. The third kappa shape index (κ3) is 1.79. The molecule has 0 amide bonds. The number of hydrogen-bond donors (Lipinski definition) is 0. The van der Waals surface area contributed by atoms with Crippen LogP contribution in [0.15, 0.2) is 18.2 Å². The summed E-state index contributed by atoms with van der Waals surface area (Å²) in [5, 5.41) is 0. The van der Waals surface area contributed by atoms with E-state index in [4.69, 9.17) is 6.11 Å². The van der Waals surface area contributed by atoms with E-state index in [0.717, 1.165) is 44.6 Å². The van der Waals surface area contributed by atoms with Crippen molar-refractivity contribution in [1.29, 1.82) is 0 Å². The highest BCUT2D eigenvalue weighted by Gasteiger charge is 2.40. The summed E-state index contributed by atoms with van der Waals surface area (Å²) in [5.74, 6) is 0.955. The average Bonchev–Trinajstić information content (AvgIpc) is 2.87. The lowest BCUT2D eigenvalue weighted by atomic mass is 9.88. The Balaban J connectivity index is 1.72. The van der Waals surface area contributed by atoms with E-state index in [1.807, 2.05) is 0 Å². The number of hydrogen-bond acceptors (Lipinski definition) is 3. The fourth-order valence-electron chi connectivity index (χ4n) is 4.00. The Morgan fingerprint density at radius 2 is 2.21 bits per heavy atom. The predicted molar refractivity (Wildman–Crippen MR) is 75.4 cm³/mol. The molecule has 102 valence electrons. The van der Waals surface area contributed by atoms with Crippen LogP contribution in [0, 0.1) is 0 Å². The van der Waals surface area contributed by atoms with Crippen molar-refractivity contribution in [3.8, 4) is 5.75 Å². The molecule has 2 atom stereocenters. The van der Waals surface area contributed by atoms with Crippen molar-refractivity contribution in [1.82, 2.24) is 9.80 Å².